The minimum atomic E-state index is -0.317. The summed E-state index contributed by atoms with van der Waals surface area (Å²) < 4.78 is 0. The maximum Gasteiger partial charge on any atom is 0.271 e. The van der Waals surface area contributed by atoms with Gasteiger partial charge in [0.15, 0.2) is 0 Å². The first-order chi connectivity index (χ1) is 6.13. The number of nitrogens with zero attached hydrogens (tertiary/aromatic N) is 1. The van der Waals surface area contributed by atoms with Crippen LogP contribution in [-0.2, 0) is 0 Å². The van der Waals surface area contributed by atoms with Gasteiger partial charge in [0.05, 0.1) is 6.20 Å². The highest BCUT2D eigenvalue weighted by atomic mass is 35.5. The maximum atomic E-state index is 11.0. The highest BCUT2D eigenvalue weighted by Gasteiger charge is 2.02. The van der Waals surface area contributed by atoms with Crippen LogP contribution in [0.3, 0.4) is 0 Å². The van der Waals surface area contributed by atoms with Crippen molar-refractivity contribution in [3.05, 3.63) is 21.6 Å². The number of hydrogen-bond acceptors (Lipinski definition) is 3. The second-order valence-electron chi connectivity index (χ2n) is 2.86. The van der Waals surface area contributed by atoms with Crippen molar-refractivity contribution in [2.24, 2.45) is 0 Å². The average molecular weight is 202 g/mol. The Hall–Kier alpha value is -1.03. The number of aromatic nitrogens is 2. The third-order valence-corrected chi connectivity index (χ3v) is 2.02. The van der Waals surface area contributed by atoms with Gasteiger partial charge in [-0.15, -0.1) is 0 Å². The second-order valence-corrected chi connectivity index (χ2v) is 3.27. The number of halogens is 1. The van der Waals surface area contributed by atoms with Gasteiger partial charge in [0, 0.05) is 6.04 Å². The van der Waals surface area contributed by atoms with E-state index in [2.05, 4.69) is 15.3 Å². The van der Waals surface area contributed by atoms with Crippen LogP contribution in [0.25, 0.3) is 0 Å². The fraction of sp³-hybridized carbons (Fsp3) is 0.500. The van der Waals surface area contributed by atoms with Crippen molar-refractivity contribution in [1.29, 1.82) is 0 Å². The van der Waals surface area contributed by atoms with Crippen molar-refractivity contribution in [3.63, 3.8) is 0 Å². The second kappa shape index (κ2) is 4.28. The predicted octanol–water partition coefficient (Wildman–Crippen LogP) is 1.63. The SMILES string of the molecule is CCC(C)Nc1ncc(Cl)c(=O)[nH]1. The van der Waals surface area contributed by atoms with E-state index in [1.165, 1.54) is 6.20 Å². The van der Waals surface area contributed by atoms with Crippen molar-refractivity contribution in [3.8, 4) is 0 Å². The molecular weight excluding hydrogens is 190 g/mol. The molecule has 0 aliphatic carbocycles. The zero-order valence-electron chi connectivity index (χ0n) is 7.60. The van der Waals surface area contributed by atoms with Gasteiger partial charge in [-0.05, 0) is 13.3 Å². The summed E-state index contributed by atoms with van der Waals surface area (Å²) >= 11 is 5.52. The number of hydrogen-bond donors (Lipinski definition) is 2. The van der Waals surface area contributed by atoms with E-state index in [1.807, 2.05) is 13.8 Å². The number of aromatic amines is 1. The lowest BCUT2D eigenvalue weighted by molar-refractivity contribution is 0.751. The van der Waals surface area contributed by atoms with Crippen LogP contribution in [0.4, 0.5) is 5.95 Å². The molecular formula is C8H12ClN3O. The standard InChI is InChI=1S/C8H12ClN3O/c1-3-5(2)11-8-10-4-6(9)7(13)12-8/h4-5H,3H2,1-2H3,(H2,10,11,12,13). The third-order valence-electron chi connectivity index (χ3n) is 1.75. The van der Waals surface area contributed by atoms with Gasteiger partial charge in [-0.3, -0.25) is 9.78 Å². The van der Waals surface area contributed by atoms with Crippen molar-refractivity contribution < 1.29 is 0 Å². The van der Waals surface area contributed by atoms with E-state index >= 15 is 0 Å². The lowest BCUT2D eigenvalue weighted by atomic mass is 10.3. The van der Waals surface area contributed by atoms with Crippen LogP contribution in [0.1, 0.15) is 20.3 Å². The molecule has 1 heterocycles. The van der Waals surface area contributed by atoms with Gasteiger partial charge in [0.1, 0.15) is 5.02 Å². The largest absolute Gasteiger partial charge is 0.353 e. The van der Waals surface area contributed by atoms with Gasteiger partial charge in [0.25, 0.3) is 5.56 Å². The lowest BCUT2D eigenvalue weighted by Crippen LogP contribution is -2.19. The zero-order valence-corrected chi connectivity index (χ0v) is 8.35. The average Bonchev–Trinajstić information content (AvgIpc) is 2.11. The van der Waals surface area contributed by atoms with Crippen molar-refractivity contribution in [1.82, 2.24) is 9.97 Å². The number of rotatable bonds is 3. The highest BCUT2D eigenvalue weighted by Crippen LogP contribution is 2.02. The molecule has 2 N–H and O–H groups in total. The van der Waals surface area contributed by atoms with Crippen LogP contribution in [0.5, 0.6) is 0 Å². The monoisotopic (exact) mass is 201 g/mol. The Bertz CT molecular complexity index is 336. The first-order valence-corrected chi connectivity index (χ1v) is 4.52. The Balaban J connectivity index is 2.80. The summed E-state index contributed by atoms with van der Waals surface area (Å²) in [5.41, 5.74) is -0.317. The third kappa shape index (κ3) is 2.73. The van der Waals surface area contributed by atoms with Gasteiger partial charge >= 0.3 is 0 Å². The van der Waals surface area contributed by atoms with Crippen LogP contribution in [-0.4, -0.2) is 16.0 Å². The highest BCUT2D eigenvalue weighted by molar-refractivity contribution is 6.30. The molecule has 5 heteroatoms. The topological polar surface area (TPSA) is 57.8 Å². The van der Waals surface area contributed by atoms with Crippen LogP contribution < -0.4 is 10.9 Å². The smallest absolute Gasteiger partial charge is 0.271 e. The van der Waals surface area contributed by atoms with E-state index < -0.39 is 0 Å². The quantitative estimate of drug-likeness (QED) is 0.782. The Labute approximate surface area is 81.3 Å². The molecule has 0 saturated carbocycles. The first kappa shape index (κ1) is 10.1. The minimum absolute atomic E-state index is 0.106. The van der Waals surface area contributed by atoms with Gasteiger partial charge < -0.3 is 5.32 Å². The summed E-state index contributed by atoms with van der Waals surface area (Å²) in [7, 11) is 0. The fourth-order valence-corrected chi connectivity index (χ4v) is 0.884. The van der Waals surface area contributed by atoms with Crippen molar-refractivity contribution >= 4 is 17.5 Å². The Morgan fingerprint density at radius 1 is 1.77 bits per heavy atom. The molecule has 0 radical (unpaired) electrons. The molecule has 0 spiro atoms. The van der Waals surface area contributed by atoms with Gasteiger partial charge in [-0.2, -0.15) is 0 Å². The number of nitrogens with one attached hydrogen (secondary N) is 2. The molecule has 1 aromatic rings. The van der Waals surface area contributed by atoms with E-state index in [4.69, 9.17) is 11.6 Å². The van der Waals surface area contributed by atoms with Gasteiger partial charge in [0.2, 0.25) is 5.95 Å². The minimum Gasteiger partial charge on any atom is -0.353 e. The number of anilines is 1. The maximum absolute atomic E-state index is 11.0. The molecule has 1 aromatic heterocycles. The summed E-state index contributed by atoms with van der Waals surface area (Å²) in [4.78, 5) is 17.5. The van der Waals surface area contributed by atoms with Crippen LogP contribution in [0.15, 0.2) is 11.0 Å². The van der Waals surface area contributed by atoms with Gasteiger partial charge in [-0.1, -0.05) is 18.5 Å². The summed E-state index contributed by atoms with van der Waals surface area (Å²) in [6.45, 7) is 4.06. The molecule has 1 rings (SSSR count). The molecule has 0 bridgehead atoms. The molecule has 0 aromatic carbocycles. The zero-order chi connectivity index (χ0) is 9.84. The summed E-state index contributed by atoms with van der Waals surface area (Å²) in [6, 6.07) is 0.282. The molecule has 0 saturated heterocycles. The normalized spacial score (nSPS) is 12.5. The Kier molecular flexibility index (Phi) is 3.31. The van der Waals surface area contributed by atoms with Crippen LogP contribution in [0, 0.1) is 0 Å². The van der Waals surface area contributed by atoms with E-state index in [-0.39, 0.29) is 16.6 Å². The predicted molar refractivity (Wildman–Crippen MR) is 53.2 cm³/mol. The summed E-state index contributed by atoms with van der Waals surface area (Å²) in [5, 5.41) is 3.14. The molecule has 0 fully saturated rings. The Morgan fingerprint density at radius 2 is 2.46 bits per heavy atom. The molecule has 13 heavy (non-hydrogen) atoms. The number of H-pyrrole nitrogens is 1. The molecule has 0 amide bonds. The van der Waals surface area contributed by atoms with E-state index in [9.17, 15) is 4.79 Å². The van der Waals surface area contributed by atoms with E-state index in [0.717, 1.165) is 6.42 Å². The van der Waals surface area contributed by atoms with Gasteiger partial charge in [-0.25, -0.2) is 4.98 Å². The van der Waals surface area contributed by atoms with Crippen LogP contribution >= 0.6 is 11.6 Å². The van der Waals surface area contributed by atoms with E-state index in [1.54, 1.807) is 0 Å². The summed E-state index contributed by atoms with van der Waals surface area (Å²) in [5.74, 6) is 0.462. The lowest BCUT2D eigenvalue weighted by Gasteiger charge is -2.10. The fourth-order valence-electron chi connectivity index (χ4n) is 0.788. The summed E-state index contributed by atoms with van der Waals surface area (Å²) in [6.07, 6.45) is 2.30. The molecule has 4 nitrogen and oxygen atoms in total. The van der Waals surface area contributed by atoms with E-state index in [0.29, 0.717) is 5.95 Å². The molecule has 1 unspecified atom stereocenters. The molecule has 0 aliphatic rings. The molecule has 0 aliphatic heterocycles. The van der Waals surface area contributed by atoms with Crippen LogP contribution in [0.2, 0.25) is 5.02 Å². The van der Waals surface area contributed by atoms with Crippen molar-refractivity contribution in [2.75, 3.05) is 5.32 Å². The first-order valence-electron chi connectivity index (χ1n) is 4.14. The Morgan fingerprint density at radius 3 is 3.00 bits per heavy atom. The molecule has 72 valence electrons. The van der Waals surface area contributed by atoms with Crippen molar-refractivity contribution in [2.45, 2.75) is 26.3 Å². The molecule has 1 atom stereocenters.